The minimum atomic E-state index is -1.12. The van der Waals surface area contributed by atoms with Crippen molar-refractivity contribution in [1.82, 2.24) is 5.32 Å². The van der Waals surface area contributed by atoms with Crippen LogP contribution in [-0.2, 0) is 9.59 Å². The predicted molar refractivity (Wildman–Crippen MR) is 104 cm³/mol. The Morgan fingerprint density at radius 1 is 1.25 bits per heavy atom. The first-order valence-electron chi connectivity index (χ1n) is 8.05. The molecule has 0 atom stereocenters. The van der Waals surface area contributed by atoms with E-state index in [2.05, 4.69) is 21.2 Å². The second kappa shape index (κ2) is 8.13. The number of carbonyl (C=O) groups is 3. The molecule has 0 saturated carbocycles. The van der Waals surface area contributed by atoms with Crippen LogP contribution in [0.2, 0.25) is 0 Å². The van der Waals surface area contributed by atoms with Crippen molar-refractivity contribution in [2.24, 2.45) is 0 Å². The Bertz CT molecular complexity index is 974. The zero-order valence-electron chi connectivity index (χ0n) is 14.6. The zero-order chi connectivity index (χ0) is 20.3. The molecule has 2 aromatic carbocycles. The van der Waals surface area contributed by atoms with Crippen molar-refractivity contribution in [3.8, 4) is 11.5 Å². The molecule has 2 aromatic rings. The molecule has 1 aliphatic heterocycles. The lowest BCUT2D eigenvalue weighted by molar-refractivity contribution is -0.139. The van der Waals surface area contributed by atoms with Crippen LogP contribution in [0.4, 0.5) is 10.5 Å². The summed E-state index contributed by atoms with van der Waals surface area (Å²) in [7, 11) is 1.41. The third kappa shape index (κ3) is 3.99. The Morgan fingerprint density at radius 3 is 2.61 bits per heavy atom. The standard InChI is InChI=1S/C19H15BrN2O6/c1-27-15-9-11(7-13(20)17(15)28-10-16(23)24)8-14-18(25)22(19(26)21-14)12-5-3-2-4-6-12/h2-9H,10H2,1H3,(H,21,26)(H,23,24)/b14-8+. The largest absolute Gasteiger partial charge is 0.493 e. The van der Waals surface area contributed by atoms with Crippen LogP contribution in [0.5, 0.6) is 11.5 Å². The van der Waals surface area contributed by atoms with E-state index in [0.29, 0.717) is 15.7 Å². The maximum atomic E-state index is 12.6. The number of carbonyl (C=O) groups excluding carboxylic acids is 2. The van der Waals surface area contributed by atoms with E-state index in [4.69, 9.17) is 14.6 Å². The number of imide groups is 1. The fourth-order valence-electron chi connectivity index (χ4n) is 2.61. The fourth-order valence-corrected chi connectivity index (χ4v) is 3.18. The SMILES string of the molecule is COc1cc(/C=C2/NC(=O)N(c3ccccc3)C2=O)cc(Br)c1OCC(=O)O. The highest BCUT2D eigenvalue weighted by Crippen LogP contribution is 2.37. The third-order valence-electron chi connectivity index (χ3n) is 3.80. The molecular weight excluding hydrogens is 432 g/mol. The molecule has 8 nitrogen and oxygen atoms in total. The highest BCUT2D eigenvalue weighted by atomic mass is 79.9. The van der Waals surface area contributed by atoms with Crippen LogP contribution in [0.25, 0.3) is 6.08 Å². The van der Waals surface area contributed by atoms with Gasteiger partial charge in [0.1, 0.15) is 5.70 Å². The van der Waals surface area contributed by atoms with Gasteiger partial charge in [-0.05, 0) is 51.8 Å². The first-order valence-corrected chi connectivity index (χ1v) is 8.84. The molecule has 1 fully saturated rings. The summed E-state index contributed by atoms with van der Waals surface area (Å²) < 4.78 is 10.9. The summed E-state index contributed by atoms with van der Waals surface area (Å²) >= 11 is 3.30. The summed E-state index contributed by atoms with van der Waals surface area (Å²) in [4.78, 5) is 36.6. The topological polar surface area (TPSA) is 105 Å². The van der Waals surface area contributed by atoms with Gasteiger partial charge in [0.15, 0.2) is 18.1 Å². The van der Waals surface area contributed by atoms with Gasteiger partial charge in [0.05, 0.1) is 17.3 Å². The molecule has 0 aliphatic carbocycles. The van der Waals surface area contributed by atoms with E-state index in [1.54, 1.807) is 42.5 Å². The Balaban J connectivity index is 1.91. The number of para-hydroxylation sites is 1. The molecule has 1 heterocycles. The van der Waals surface area contributed by atoms with E-state index in [1.807, 2.05) is 0 Å². The monoisotopic (exact) mass is 446 g/mol. The van der Waals surface area contributed by atoms with Crippen molar-refractivity contribution in [3.63, 3.8) is 0 Å². The highest BCUT2D eigenvalue weighted by molar-refractivity contribution is 9.10. The molecule has 3 amide bonds. The van der Waals surface area contributed by atoms with Crippen molar-refractivity contribution in [3.05, 3.63) is 58.2 Å². The Morgan fingerprint density at radius 2 is 1.96 bits per heavy atom. The normalized spacial score (nSPS) is 14.9. The van der Waals surface area contributed by atoms with Gasteiger partial charge in [-0.1, -0.05) is 18.2 Å². The number of anilines is 1. The van der Waals surface area contributed by atoms with Gasteiger partial charge in [-0.25, -0.2) is 14.5 Å². The van der Waals surface area contributed by atoms with Gasteiger partial charge in [-0.2, -0.15) is 0 Å². The second-order valence-electron chi connectivity index (χ2n) is 5.68. The summed E-state index contributed by atoms with van der Waals surface area (Å²) in [6.45, 7) is -0.532. The molecule has 3 rings (SSSR count). The molecule has 9 heteroatoms. The molecule has 144 valence electrons. The molecule has 0 aromatic heterocycles. The summed E-state index contributed by atoms with van der Waals surface area (Å²) in [5, 5.41) is 11.3. The van der Waals surface area contributed by atoms with Crippen LogP contribution >= 0.6 is 15.9 Å². The van der Waals surface area contributed by atoms with E-state index in [1.165, 1.54) is 13.2 Å². The number of hydrogen-bond donors (Lipinski definition) is 2. The number of nitrogens with one attached hydrogen (secondary N) is 1. The van der Waals surface area contributed by atoms with Gasteiger partial charge in [-0.3, -0.25) is 4.79 Å². The zero-order valence-corrected chi connectivity index (χ0v) is 16.2. The van der Waals surface area contributed by atoms with E-state index < -0.39 is 24.5 Å². The maximum Gasteiger partial charge on any atom is 0.341 e. The van der Waals surface area contributed by atoms with Crippen LogP contribution in [0.1, 0.15) is 5.56 Å². The van der Waals surface area contributed by atoms with Gasteiger partial charge in [0.2, 0.25) is 0 Å². The summed E-state index contributed by atoms with van der Waals surface area (Å²) in [6, 6.07) is 11.2. The Kier molecular flexibility index (Phi) is 5.65. The van der Waals surface area contributed by atoms with Crippen LogP contribution < -0.4 is 19.7 Å². The molecule has 28 heavy (non-hydrogen) atoms. The first kappa shape index (κ1) is 19.4. The smallest absolute Gasteiger partial charge is 0.341 e. The van der Waals surface area contributed by atoms with Crippen molar-refractivity contribution in [1.29, 1.82) is 0 Å². The molecule has 1 aliphatic rings. The number of methoxy groups -OCH3 is 1. The fraction of sp³-hybridized carbons (Fsp3) is 0.105. The minimum absolute atomic E-state index is 0.0991. The van der Waals surface area contributed by atoms with Crippen LogP contribution in [0.15, 0.2) is 52.6 Å². The first-order chi connectivity index (χ1) is 13.4. The molecule has 0 unspecified atom stereocenters. The summed E-state index contributed by atoms with van der Waals surface area (Å²) in [5.74, 6) is -1.11. The van der Waals surface area contributed by atoms with E-state index >= 15 is 0 Å². The number of ether oxygens (including phenoxy) is 2. The molecular formula is C19H15BrN2O6. The Hall–Kier alpha value is -3.33. The second-order valence-corrected chi connectivity index (χ2v) is 6.54. The molecule has 0 radical (unpaired) electrons. The van der Waals surface area contributed by atoms with Crippen LogP contribution in [0, 0.1) is 0 Å². The number of carboxylic acids is 1. The number of nitrogens with zero attached hydrogens (tertiary/aromatic N) is 1. The van der Waals surface area contributed by atoms with Crippen molar-refractivity contribution >= 4 is 45.6 Å². The average molecular weight is 447 g/mol. The van der Waals surface area contributed by atoms with Gasteiger partial charge in [0.25, 0.3) is 5.91 Å². The summed E-state index contributed by atoms with van der Waals surface area (Å²) in [5.41, 5.74) is 1.11. The average Bonchev–Trinajstić information content (AvgIpc) is 2.94. The van der Waals surface area contributed by atoms with E-state index in [-0.39, 0.29) is 17.2 Å². The van der Waals surface area contributed by atoms with Crippen LogP contribution in [-0.4, -0.2) is 36.7 Å². The number of aliphatic carboxylic acids is 1. The van der Waals surface area contributed by atoms with Gasteiger partial charge >= 0.3 is 12.0 Å². The Labute approximate surface area is 168 Å². The number of carboxylic acid groups (broad SMARTS) is 1. The van der Waals surface area contributed by atoms with Crippen molar-refractivity contribution < 1.29 is 29.0 Å². The lowest BCUT2D eigenvalue weighted by Gasteiger charge is -2.12. The van der Waals surface area contributed by atoms with E-state index in [0.717, 1.165) is 4.90 Å². The number of halogens is 1. The lowest BCUT2D eigenvalue weighted by Crippen LogP contribution is -2.30. The molecule has 2 N–H and O–H groups in total. The van der Waals surface area contributed by atoms with Crippen molar-refractivity contribution in [2.75, 3.05) is 18.6 Å². The minimum Gasteiger partial charge on any atom is -0.493 e. The summed E-state index contributed by atoms with van der Waals surface area (Å²) in [6.07, 6.45) is 1.50. The van der Waals surface area contributed by atoms with Gasteiger partial charge in [0, 0.05) is 0 Å². The highest BCUT2D eigenvalue weighted by Gasteiger charge is 2.34. The number of hydrogen-bond acceptors (Lipinski definition) is 5. The quantitative estimate of drug-likeness (QED) is 0.521. The maximum absolute atomic E-state index is 12.6. The predicted octanol–water partition coefficient (Wildman–Crippen LogP) is 3.02. The van der Waals surface area contributed by atoms with Crippen molar-refractivity contribution in [2.45, 2.75) is 0 Å². The number of urea groups is 1. The molecule has 0 bridgehead atoms. The third-order valence-corrected chi connectivity index (χ3v) is 4.38. The van der Waals surface area contributed by atoms with Gasteiger partial charge < -0.3 is 19.9 Å². The molecule has 0 spiro atoms. The number of rotatable bonds is 6. The molecule has 1 saturated heterocycles. The van der Waals surface area contributed by atoms with Gasteiger partial charge in [-0.15, -0.1) is 0 Å². The number of benzene rings is 2. The van der Waals surface area contributed by atoms with Crippen LogP contribution in [0.3, 0.4) is 0 Å². The van der Waals surface area contributed by atoms with E-state index in [9.17, 15) is 14.4 Å². The number of amides is 3. The lowest BCUT2D eigenvalue weighted by atomic mass is 10.1.